The number of ether oxygens (including phenoxy) is 3. The number of hydrogen-bond acceptors (Lipinski definition) is 6. The molecule has 2 aliphatic heterocycles. The largest absolute Gasteiger partial charge is 0.469 e. The Balaban J connectivity index is 2.57. The number of esters is 1. The minimum absolute atomic E-state index is 0.210. The molecular weight excluding hydrogens is 316 g/mol. The monoisotopic (exact) mass is 340 g/mol. The molecule has 3 unspecified atom stereocenters. The van der Waals surface area contributed by atoms with Crippen molar-refractivity contribution in [2.45, 2.75) is 51.0 Å². The van der Waals surface area contributed by atoms with E-state index in [2.05, 4.69) is 0 Å². The molecule has 0 aromatic heterocycles. The van der Waals surface area contributed by atoms with E-state index in [9.17, 15) is 14.4 Å². The molecule has 1 saturated heterocycles. The Labute approximate surface area is 141 Å². The smallest absolute Gasteiger partial charge is 0.310 e. The fourth-order valence-electron chi connectivity index (χ4n) is 3.47. The maximum Gasteiger partial charge on any atom is 0.310 e. The molecule has 3 atom stereocenters. The Bertz CT molecular complexity index is 543. The fraction of sp³-hybridized carbons (Fsp3) is 0.688. The van der Waals surface area contributed by atoms with E-state index in [1.54, 1.807) is 0 Å². The maximum atomic E-state index is 12.2. The van der Waals surface area contributed by atoms with Crippen LogP contribution in [-0.2, 0) is 28.6 Å². The van der Waals surface area contributed by atoms with Gasteiger partial charge in [0, 0.05) is 40.0 Å². The average Bonchev–Trinajstić information content (AvgIpc) is 3.07. The van der Waals surface area contributed by atoms with Gasteiger partial charge in [-0.2, -0.15) is 0 Å². The molecule has 0 aliphatic carbocycles. The number of nitrogens with zero attached hydrogens (tertiary/aromatic N) is 2. The molecule has 134 valence electrons. The lowest BCUT2D eigenvalue weighted by molar-refractivity contribution is -0.206. The molecular formula is C16H24N2O6. The Kier molecular flexibility index (Phi) is 5.61. The van der Waals surface area contributed by atoms with E-state index in [0.29, 0.717) is 13.0 Å². The summed E-state index contributed by atoms with van der Waals surface area (Å²) in [7, 11) is 2.69. The van der Waals surface area contributed by atoms with Crippen LogP contribution in [0.4, 0.5) is 0 Å². The molecule has 0 spiro atoms. The van der Waals surface area contributed by atoms with Crippen molar-refractivity contribution < 1.29 is 28.6 Å². The second-order valence-electron chi connectivity index (χ2n) is 5.91. The molecule has 2 aliphatic rings. The van der Waals surface area contributed by atoms with E-state index in [1.807, 2.05) is 0 Å². The Morgan fingerprint density at radius 2 is 1.92 bits per heavy atom. The predicted molar refractivity (Wildman–Crippen MR) is 83.3 cm³/mol. The van der Waals surface area contributed by atoms with Gasteiger partial charge in [-0.1, -0.05) is 0 Å². The zero-order valence-corrected chi connectivity index (χ0v) is 14.5. The molecule has 8 heteroatoms. The summed E-state index contributed by atoms with van der Waals surface area (Å²) in [5.74, 6) is -1.06. The molecule has 2 heterocycles. The number of rotatable bonds is 4. The summed E-state index contributed by atoms with van der Waals surface area (Å²) in [6.45, 7) is 3.37. The second-order valence-corrected chi connectivity index (χ2v) is 5.91. The van der Waals surface area contributed by atoms with Gasteiger partial charge in [0.25, 0.3) is 0 Å². The Morgan fingerprint density at radius 3 is 2.38 bits per heavy atom. The second kappa shape index (κ2) is 7.31. The molecule has 8 nitrogen and oxygen atoms in total. The van der Waals surface area contributed by atoms with Crippen LogP contribution in [0.25, 0.3) is 0 Å². The summed E-state index contributed by atoms with van der Waals surface area (Å²) < 4.78 is 16.3. The predicted octanol–water partition coefficient (Wildman–Crippen LogP) is 0.622. The van der Waals surface area contributed by atoms with Crippen molar-refractivity contribution in [1.82, 2.24) is 9.80 Å². The van der Waals surface area contributed by atoms with Crippen molar-refractivity contribution in [3.05, 3.63) is 12.4 Å². The molecule has 0 radical (unpaired) electrons. The summed E-state index contributed by atoms with van der Waals surface area (Å²) in [5.41, 5.74) is -1.38. The lowest BCUT2D eigenvalue weighted by Gasteiger charge is -2.52. The summed E-state index contributed by atoms with van der Waals surface area (Å²) >= 11 is 0. The van der Waals surface area contributed by atoms with Crippen LogP contribution >= 0.6 is 0 Å². The van der Waals surface area contributed by atoms with Gasteiger partial charge in [0.1, 0.15) is 6.04 Å². The van der Waals surface area contributed by atoms with Gasteiger partial charge in [-0.15, -0.1) is 0 Å². The van der Waals surface area contributed by atoms with Gasteiger partial charge in [0.05, 0.1) is 19.6 Å². The van der Waals surface area contributed by atoms with Crippen LogP contribution in [0, 0.1) is 0 Å². The number of amides is 2. The van der Waals surface area contributed by atoms with Crippen molar-refractivity contribution in [3.8, 4) is 0 Å². The van der Waals surface area contributed by atoms with E-state index in [0.717, 1.165) is 6.42 Å². The summed E-state index contributed by atoms with van der Waals surface area (Å²) in [4.78, 5) is 39.2. The first kappa shape index (κ1) is 18.4. The SMILES string of the molecule is COC(=O)CC1(OC)C(C2CCCO2)N(C(C)=O)C=CN1C(C)=O. The van der Waals surface area contributed by atoms with Crippen molar-refractivity contribution in [2.24, 2.45) is 0 Å². The molecule has 24 heavy (non-hydrogen) atoms. The number of hydrogen-bond donors (Lipinski definition) is 0. The van der Waals surface area contributed by atoms with E-state index < -0.39 is 17.7 Å². The van der Waals surface area contributed by atoms with Crippen molar-refractivity contribution >= 4 is 17.8 Å². The highest BCUT2D eigenvalue weighted by Gasteiger charge is 2.56. The third-order valence-electron chi connectivity index (χ3n) is 4.54. The molecule has 0 N–H and O–H groups in total. The highest BCUT2D eigenvalue weighted by atomic mass is 16.5. The van der Waals surface area contributed by atoms with Crippen molar-refractivity contribution in [2.75, 3.05) is 20.8 Å². The Morgan fingerprint density at radius 1 is 1.21 bits per heavy atom. The van der Waals surface area contributed by atoms with Gasteiger partial charge >= 0.3 is 5.97 Å². The highest BCUT2D eigenvalue weighted by Crippen LogP contribution is 2.38. The number of methoxy groups -OCH3 is 2. The lowest BCUT2D eigenvalue weighted by atomic mass is 9.88. The molecule has 0 saturated carbocycles. The minimum Gasteiger partial charge on any atom is -0.469 e. The van der Waals surface area contributed by atoms with Gasteiger partial charge in [0.2, 0.25) is 11.8 Å². The van der Waals surface area contributed by atoms with Crippen LogP contribution in [-0.4, -0.2) is 66.3 Å². The highest BCUT2D eigenvalue weighted by molar-refractivity contribution is 5.80. The van der Waals surface area contributed by atoms with Gasteiger partial charge in [0.15, 0.2) is 5.72 Å². The fourth-order valence-corrected chi connectivity index (χ4v) is 3.47. The third-order valence-corrected chi connectivity index (χ3v) is 4.54. The zero-order chi connectivity index (χ0) is 17.9. The summed E-state index contributed by atoms with van der Waals surface area (Å²) in [6.07, 6.45) is 3.99. The van der Waals surface area contributed by atoms with Crippen LogP contribution < -0.4 is 0 Å². The first-order valence-corrected chi connectivity index (χ1v) is 7.88. The molecule has 0 aromatic carbocycles. The van der Waals surface area contributed by atoms with Crippen molar-refractivity contribution in [3.63, 3.8) is 0 Å². The Hall–Kier alpha value is -1.93. The molecule has 0 bridgehead atoms. The lowest BCUT2D eigenvalue weighted by Crippen LogP contribution is -2.69. The molecule has 0 aromatic rings. The normalized spacial score (nSPS) is 29.7. The standard InChI is InChI=1S/C16H24N2O6/c1-11(19)17-7-8-18(12(2)20)16(23-4,10-14(21)22-3)15(17)13-6-5-9-24-13/h7-8,13,15H,5-6,9-10H2,1-4H3. The van der Waals surface area contributed by atoms with E-state index in [1.165, 1.54) is 50.3 Å². The van der Waals surface area contributed by atoms with E-state index in [4.69, 9.17) is 14.2 Å². The van der Waals surface area contributed by atoms with Crippen LogP contribution in [0.2, 0.25) is 0 Å². The summed E-state index contributed by atoms with van der Waals surface area (Å²) in [6, 6.07) is -0.643. The van der Waals surface area contributed by atoms with Crippen LogP contribution in [0.1, 0.15) is 33.1 Å². The topological polar surface area (TPSA) is 85.4 Å². The molecule has 1 fully saturated rings. The van der Waals surface area contributed by atoms with Crippen LogP contribution in [0.15, 0.2) is 12.4 Å². The first-order valence-electron chi connectivity index (χ1n) is 7.88. The van der Waals surface area contributed by atoms with Gasteiger partial charge in [-0.3, -0.25) is 19.3 Å². The van der Waals surface area contributed by atoms with Gasteiger partial charge in [-0.05, 0) is 12.8 Å². The van der Waals surface area contributed by atoms with Gasteiger partial charge < -0.3 is 19.1 Å². The van der Waals surface area contributed by atoms with E-state index >= 15 is 0 Å². The first-order chi connectivity index (χ1) is 11.4. The number of carbonyl (C=O) groups is 3. The van der Waals surface area contributed by atoms with Gasteiger partial charge in [-0.25, -0.2) is 0 Å². The molecule has 2 rings (SSSR count). The van der Waals surface area contributed by atoms with Crippen LogP contribution in [0.3, 0.4) is 0 Å². The average molecular weight is 340 g/mol. The zero-order valence-electron chi connectivity index (χ0n) is 14.5. The maximum absolute atomic E-state index is 12.2. The minimum atomic E-state index is -1.38. The van der Waals surface area contributed by atoms with E-state index in [-0.39, 0.29) is 24.3 Å². The summed E-state index contributed by atoms with van der Waals surface area (Å²) in [5, 5.41) is 0. The number of carbonyl (C=O) groups excluding carboxylic acids is 3. The third kappa shape index (κ3) is 3.16. The van der Waals surface area contributed by atoms with Crippen molar-refractivity contribution in [1.29, 1.82) is 0 Å². The molecule has 2 amide bonds. The van der Waals surface area contributed by atoms with Crippen LogP contribution in [0.5, 0.6) is 0 Å². The quantitative estimate of drug-likeness (QED) is 0.698.